The number of thioether (sulfide) groups is 1. The van der Waals surface area contributed by atoms with Crippen molar-refractivity contribution in [3.05, 3.63) is 53.0 Å². The molecule has 0 unspecified atom stereocenters. The summed E-state index contributed by atoms with van der Waals surface area (Å²) >= 11 is 4.61. The molecule has 0 spiro atoms. The van der Waals surface area contributed by atoms with Crippen LogP contribution >= 0.6 is 27.7 Å². The van der Waals surface area contributed by atoms with Gasteiger partial charge in [-0.25, -0.2) is 0 Å². The van der Waals surface area contributed by atoms with E-state index in [-0.39, 0.29) is 11.7 Å². The van der Waals surface area contributed by atoms with Crippen molar-refractivity contribution in [3.8, 4) is 11.5 Å². The van der Waals surface area contributed by atoms with Gasteiger partial charge in [-0.3, -0.25) is 4.79 Å². The molecule has 0 saturated carbocycles. The molecule has 1 aliphatic heterocycles. The van der Waals surface area contributed by atoms with Crippen molar-refractivity contribution in [1.29, 1.82) is 0 Å². The molecule has 2 heterocycles. The second-order valence-corrected chi connectivity index (χ2v) is 8.30. The third kappa shape index (κ3) is 4.74. The van der Waals surface area contributed by atoms with E-state index in [9.17, 15) is 4.79 Å². The highest BCUT2D eigenvalue weighted by atomic mass is 79.9. The molecule has 1 aromatic heterocycles. The molecular weight excluding hydrogens is 440 g/mol. The molecule has 1 aliphatic rings. The molecule has 1 N–H and O–H groups in total. The van der Waals surface area contributed by atoms with Crippen LogP contribution in [0.15, 0.2) is 62.6 Å². The Labute approximate surface area is 175 Å². The van der Waals surface area contributed by atoms with Crippen molar-refractivity contribution in [3.63, 3.8) is 0 Å². The second-order valence-electron chi connectivity index (χ2n) is 6.46. The van der Waals surface area contributed by atoms with E-state index in [0.717, 1.165) is 28.8 Å². The standard InChI is InChI=1S/C20H19BrN4O2S/c21-15-5-3-14(4-6-15)19-23-24-20(27-19)28-13-18(26)22-16-7-9-17(10-8-16)25-11-1-2-12-25/h3-10H,1-2,11-13H2,(H,22,26). The third-order valence-electron chi connectivity index (χ3n) is 4.45. The van der Waals surface area contributed by atoms with E-state index in [2.05, 4.69) is 48.5 Å². The third-order valence-corrected chi connectivity index (χ3v) is 5.79. The molecule has 2 aromatic carbocycles. The molecule has 1 saturated heterocycles. The molecule has 1 amide bonds. The quantitative estimate of drug-likeness (QED) is 0.533. The van der Waals surface area contributed by atoms with E-state index < -0.39 is 0 Å². The van der Waals surface area contributed by atoms with E-state index in [4.69, 9.17) is 4.42 Å². The van der Waals surface area contributed by atoms with Crippen LogP contribution in [0.2, 0.25) is 0 Å². The first-order chi connectivity index (χ1) is 13.7. The molecule has 0 radical (unpaired) electrons. The summed E-state index contributed by atoms with van der Waals surface area (Å²) in [5.74, 6) is 0.533. The first-order valence-electron chi connectivity index (χ1n) is 9.04. The maximum absolute atomic E-state index is 12.2. The lowest BCUT2D eigenvalue weighted by molar-refractivity contribution is -0.113. The Bertz CT molecular complexity index is 938. The minimum atomic E-state index is -0.109. The monoisotopic (exact) mass is 458 g/mol. The maximum atomic E-state index is 12.2. The Balaban J connectivity index is 1.29. The largest absolute Gasteiger partial charge is 0.411 e. The number of hydrogen-bond acceptors (Lipinski definition) is 6. The van der Waals surface area contributed by atoms with Gasteiger partial charge in [0.05, 0.1) is 5.75 Å². The van der Waals surface area contributed by atoms with Gasteiger partial charge in [0, 0.05) is 34.5 Å². The van der Waals surface area contributed by atoms with E-state index in [1.54, 1.807) is 0 Å². The fourth-order valence-corrected chi connectivity index (χ4v) is 3.86. The van der Waals surface area contributed by atoms with Crippen LogP contribution < -0.4 is 10.2 Å². The Morgan fingerprint density at radius 1 is 1.07 bits per heavy atom. The summed E-state index contributed by atoms with van der Waals surface area (Å²) in [6, 6.07) is 15.6. The van der Waals surface area contributed by atoms with Gasteiger partial charge < -0.3 is 14.6 Å². The van der Waals surface area contributed by atoms with Crippen molar-refractivity contribution < 1.29 is 9.21 Å². The van der Waals surface area contributed by atoms with Crippen molar-refractivity contribution in [2.75, 3.05) is 29.1 Å². The molecule has 0 aliphatic carbocycles. The number of nitrogens with zero attached hydrogens (tertiary/aromatic N) is 3. The lowest BCUT2D eigenvalue weighted by Gasteiger charge is -2.17. The number of hydrogen-bond donors (Lipinski definition) is 1. The molecule has 0 atom stereocenters. The van der Waals surface area contributed by atoms with Crippen molar-refractivity contribution in [2.45, 2.75) is 18.1 Å². The predicted molar refractivity (Wildman–Crippen MR) is 115 cm³/mol. The van der Waals surface area contributed by atoms with Crippen molar-refractivity contribution >= 4 is 45.0 Å². The smallest absolute Gasteiger partial charge is 0.277 e. The van der Waals surface area contributed by atoms with E-state index >= 15 is 0 Å². The van der Waals surface area contributed by atoms with E-state index in [0.29, 0.717) is 11.1 Å². The molecule has 8 heteroatoms. The summed E-state index contributed by atoms with van der Waals surface area (Å²) in [7, 11) is 0. The van der Waals surface area contributed by atoms with Gasteiger partial charge in [-0.1, -0.05) is 27.7 Å². The lowest BCUT2D eigenvalue weighted by atomic mass is 10.2. The maximum Gasteiger partial charge on any atom is 0.277 e. The SMILES string of the molecule is O=C(CSc1nnc(-c2ccc(Br)cc2)o1)Nc1ccc(N2CCCC2)cc1. The van der Waals surface area contributed by atoms with Gasteiger partial charge >= 0.3 is 0 Å². The van der Waals surface area contributed by atoms with Gasteiger partial charge in [0.15, 0.2) is 0 Å². The van der Waals surface area contributed by atoms with E-state index in [1.165, 1.54) is 30.3 Å². The number of benzene rings is 2. The van der Waals surface area contributed by atoms with Crippen molar-refractivity contribution in [2.24, 2.45) is 0 Å². The molecule has 0 bridgehead atoms. The van der Waals surface area contributed by atoms with Gasteiger partial charge in [-0.15, -0.1) is 10.2 Å². The number of aromatic nitrogens is 2. The summed E-state index contributed by atoms with van der Waals surface area (Å²) < 4.78 is 6.60. The number of carbonyl (C=O) groups excluding carboxylic acids is 1. The predicted octanol–water partition coefficient (Wildman–Crippen LogP) is 4.83. The zero-order chi connectivity index (χ0) is 19.3. The normalized spacial score (nSPS) is 13.7. The fraction of sp³-hybridized carbons (Fsp3) is 0.250. The highest BCUT2D eigenvalue weighted by Gasteiger charge is 2.13. The summed E-state index contributed by atoms with van der Waals surface area (Å²) in [6.07, 6.45) is 2.49. The zero-order valence-electron chi connectivity index (χ0n) is 15.1. The van der Waals surface area contributed by atoms with Crippen LogP contribution in [0.25, 0.3) is 11.5 Å². The minimum Gasteiger partial charge on any atom is -0.411 e. The average Bonchev–Trinajstić information content (AvgIpc) is 3.40. The molecular formula is C20H19BrN4O2S. The summed E-state index contributed by atoms with van der Waals surface area (Å²) in [5.41, 5.74) is 2.83. The number of halogens is 1. The number of carbonyl (C=O) groups is 1. The number of amides is 1. The Hall–Kier alpha value is -2.32. The molecule has 4 rings (SSSR count). The zero-order valence-corrected chi connectivity index (χ0v) is 17.5. The first-order valence-corrected chi connectivity index (χ1v) is 10.8. The second kappa shape index (κ2) is 8.79. The van der Waals surface area contributed by atoms with Crippen LogP contribution in [0.3, 0.4) is 0 Å². The van der Waals surface area contributed by atoms with Crippen LogP contribution in [0.1, 0.15) is 12.8 Å². The van der Waals surface area contributed by atoms with Crippen LogP contribution in [-0.4, -0.2) is 34.9 Å². The topological polar surface area (TPSA) is 71.3 Å². The molecule has 3 aromatic rings. The summed E-state index contributed by atoms with van der Waals surface area (Å²) in [6.45, 7) is 2.21. The highest BCUT2D eigenvalue weighted by molar-refractivity contribution is 9.10. The van der Waals surface area contributed by atoms with Crippen LogP contribution in [0.5, 0.6) is 0 Å². The molecule has 6 nitrogen and oxygen atoms in total. The van der Waals surface area contributed by atoms with Gasteiger partial charge in [0.25, 0.3) is 5.22 Å². The lowest BCUT2D eigenvalue weighted by Crippen LogP contribution is -2.18. The number of rotatable bonds is 6. The van der Waals surface area contributed by atoms with Gasteiger partial charge in [0.2, 0.25) is 11.8 Å². The summed E-state index contributed by atoms with van der Waals surface area (Å²) in [4.78, 5) is 14.6. The van der Waals surface area contributed by atoms with Crippen LogP contribution in [-0.2, 0) is 4.79 Å². The fourth-order valence-electron chi connectivity index (χ4n) is 3.03. The Kier molecular flexibility index (Phi) is 5.97. The van der Waals surface area contributed by atoms with Crippen molar-refractivity contribution in [1.82, 2.24) is 10.2 Å². The van der Waals surface area contributed by atoms with Gasteiger partial charge in [-0.2, -0.15) is 0 Å². The van der Waals surface area contributed by atoms with Gasteiger partial charge in [-0.05, 0) is 61.4 Å². The first kappa shape index (κ1) is 19.0. The average molecular weight is 459 g/mol. The van der Waals surface area contributed by atoms with Gasteiger partial charge in [0.1, 0.15) is 0 Å². The Morgan fingerprint density at radius 3 is 2.50 bits per heavy atom. The van der Waals surface area contributed by atoms with Crippen LogP contribution in [0.4, 0.5) is 11.4 Å². The molecule has 144 valence electrons. The minimum absolute atomic E-state index is 0.109. The number of anilines is 2. The Morgan fingerprint density at radius 2 is 1.79 bits per heavy atom. The summed E-state index contributed by atoms with van der Waals surface area (Å²) in [5, 5.41) is 11.3. The highest BCUT2D eigenvalue weighted by Crippen LogP contribution is 2.25. The van der Waals surface area contributed by atoms with Crippen LogP contribution in [0, 0.1) is 0 Å². The molecule has 28 heavy (non-hydrogen) atoms. The molecule has 1 fully saturated rings. The van der Waals surface area contributed by atoms with E-state index in [1.807, 2.05) is 36.4 Å². The number of nitrogens with one attached hydrogen (secondary N) is 1.